The molecule has 2 fully saturated rings. The summed E-state index contributed by atoms with van der Waals surface area (Å²) in [6.07, 6.45) is 2.08. The van der Waals surface area contributed by atoms with E-state index < -0.39 is 0 Å². The number of nitrogens with zero attached hydrogens (tertiary/aromatic N) is 1. The van der Waals surface area contributed by atoms with E-state index in [-0.39, 0.29) is 24.7 Å². The van der Waals surface area contributed by atoms with Crippen molar-refractivity contribution in [3.63, 3.8) is 0 Å². The molecule has 92 valence electrons. The minimum Gasteiger partial charge on any atom is -0.394 e. The highest BCUT2D eigenvalue weighted by molar-refractivity contribution is 5.81. The van der Waals surface area contributed by atoms with E-state index in [2.05, 4.69) is 10.2 Å². The van der Waals surface area contributed by atoms with E-state index in [1.807, 2.05) is 6.92 Å². The Morgan fingerprint density at radius 3 is 3.00 bits per heavy atom. The average Bonchev–Trinajstić information content (AvgIpc) is 3.12. The van der Waals surface area contributed by atoms with Gasteiger partial charge in [0.1, 0.15) is 0 Å². The molecule has 1 amide bonds. The number of hydrogen-bond acceptors (Lipinski definition) is 4. The van der Waals surface area contributed by atoms with E-state index in [0.717, 1.165) is 19.4 Å². The van der Waals surface area contributed by atoms with E-state index in [4.69, 9.17) is 9.84 Å². The molecule has 2 rings (SSSR count). The normalized spacial score (nSPS) is 28.8. The third-order valence-electron chi connectivity index (χ3n) is 3.22. The molecule has 0 spiro atoms. The standard InChI is InChI=1S/C11H20N2O3/c1-8(11(15)12-9-2-3-9)13-4-5-16-10(6-13)7-14/h8-10,14H,2-7H2,1H3,(H,12,15). The van der Waals surface area contributed by atoms with Gasteiger partial charge in [0, 0.05) is 19.1 Å². The van der Waals surface area contributed by atoms with E-state index >= 15 is 0 Å². The third kappa shape index (κ3) is 2.93. The van der Waals surface area contributed by atoms with Gasteiger partial charge in [-0.05, 0) is 19.8 Å². The van der Waals surface area contributed by atoms with E-state index in [1.54, 1.807) is 0 Å². The van der Waals surface area contributed by atoms with Crippen LogP contribution in [0.5, 0.6) is 0 Å². The van der Waals surface area contributed by atoms with Crippen molar-refractivity contribution < 1.29 is 14.6 Å². The Morgan fingerprint density at radius 2 is 2.38 bits per heavy atom. The fourth-order valence-corrected chi connectivity index (χ4v) is 1.92. The molecule has 1 aliphatic carbocycles. The van der Waals surface area contributed by atoms with Crippen molar-refractivity contribution in [3.8, 4) is 0 Å². The molecule has 2 unspecified atom stereocenters. The Bertz CT molecular complexity index is 256. The van der Waals surface area contributed by atoms with Crippen molar-refractivity contribution >= 4 is 5.91 Å². The van der Waals surface area contributed by atoms with Crippen LogP contribution in [0.15, 0.2) is 0 Å². The van der Waals surface area contributed by atoms with Gasteiger partial charge in [0.05, 0.1) is 25.4 Å². The topological polar surface area (TPSA) is 61.8 Å². The summed E-state index contributed by atoms with van der Waals surface area (Å²) in [5.74, 6) is 0.0982. The molecular weight excluding hydrogens is 208 g/mol. The molecule has 0 aromatic carbocycles. The first-order chi connectivity index (χ1) is 7.70. The number of amides is 1. The SMILES string of the molecule is CC(C(=O)NC1CC1)N1CCOC(CO)C1. The molecule has 0 aromatic rings. The van der Waals surface area contributed by atoms with Gasteiger partial charge in [0.2, 0.25) is 5.91 Å². The number of rotatable bonds is 4. The number of hydrogen-bond donors (Lipinski definition) is 2. The van der Waals surface area contributed by atoms with Gasteiger partial charge in [0.25, 0.3) is 0 Å². The van der Waals surface area contributed by atoms with Crippen LogP contribution in [0, 0.1) is 0 Å². The van der Waals surface area contributed by atoms with Crippen LogP contribution in [0.2, 0.25) is 0 Å². The summed E-state index contributed by atoms with van der Waals surface area (Å²) >= 11 is 0. The lowest BCUT2D eigenvalue weighted by molar-refractivity contribution is -0.130. The molecule has 1 saturated carbocycles. The van der Waals surface area contributed by atoms with Gasteiger partial charge < -0.3 is 15.2 Å². The molecule has 2 atom stereocenters. The van der Waals surface area contributed by atoms with Gasteiger partial charge in [-0.25, -0.2) is 0 Å². The first-order valence-corrected chi connectivity index (χ1v) is 5.97. The maximum Gasteiger partial charge on any atom is 0.237 e. The highest BCUT2D eigenvalue weighted by atomic mass is 16.5. The Balaban J connectivity index is 1.82. The van der Waals surface area contributed by atoms with Crippen LogP contribution >= 0.6 is 0 Å². The number of aliphatic hydroxyl groups excluding tert-OH is 1. The predicted molar refractivity (Wildman–Crippen MR) is 59.0 cm³/mol. The molecule has 0 aromatic heterocycles. The van der Waals surface area contributed by atoms with Crippen molar-refractivity contribution in [3.05, 3.63) is 0 Å². The van der Waals surface area contributed by atoms with Crippen molar-refractivity contribution in [1.82, 2.24) is 10.2 Å². The molecule has 5 heteroatoms. The molecule has 5 nitrogen and oxygen atoms in total. The lowest BCUT2D eigenvalue weighted by Gasteiger charge is -2.35. The largest absolute Gasteiger partial charge is 0.394 e. The van der Waals surface area contributed by atoms with Gasteiger partial charge in [-0.2, -0.15) is 0 Å². The summed E-state index contributed by atoms with van der Waals surface area (Å²) in [7, 11) is 0. The average molecular weight is 228 g/mol. The maximum absolute atomic E-state index is 11.8. The third-order valence-corrected chi connectivity index (χ3v) is 3.22. The van der Waals surface area contributed by atoms with Gasteiger partial charge in [-0.15, -0.1) is 0 Å². The minimum absolute atomic E-state index is 0.0213. The zero-order valence-electron chi connectivity index (χ0n) is 9.69. The maximum atomic E-state index is 11.8. The molecule has 1 heterocycles. The van der Waals surface area contributed by atoms with Crippen LogP contribution in [-0.4, -0.2) is 60.4 Å². The van der Waals surface area contributed by atoms with Gasteiger partial charge in [0.15, 0.2) is 0 Å². The fourth-order valence-electron chi connectivity index (χ4n) is 1.92. The summed E-state index contributed by atoms with van der Waals surface area (Å²) < 4.78 is 5.36. The molecule has 0 radical (unpaired) electrons. The summed E-state index contributed by atoms with van der Waals surface area (Å²) in [4.78, 5) is 13.9. The van der Waals surface area contributed by atoms with Crippen LogP contribution < -0.4 is 5.32 Å². The zero-order valence-corrected chi connectivity index (χ0v) is 9.69. The summed E-state index contributed by atoms with van der Waals surface area (Å²) in [6.45, 7) is 3.92. The number of carbonyl (C=O) groups excluding carboxylic acids is 1. The second-order valence-electron chi connectivity index (χ2n) is 4.63. The molecule has 16 heavy (non-hydrogen) atoms. The fraction of sp³-hybridized carbons (Fsp3) is 0.909. The molecule has 1 saturated heterocycles. The second kappa shape index (κ2) is 5.12. The van der Waals surface area contributed by atoms with Crippen LogP contribution in [0.1, 0.15) is 19.8 Å². The van der Waals surface area contributed by atoms with Crippen molar-refractivity contribution in [1.29, 1.82) is 0 Å². The summed E-state index contributed by atoms with van der Waals surface area (Å²) in [5, 5.41) is 12.0. The second-order valence-corrected chi connectivity index (χ2v) is 4.63. The lowest BCUT2D eigenvalue weighted by atomic mass is 10.2. The molecule has 0 bridgehead atoms. The Kier molecular flexibility index (Phi) is 3.78. The highest BCUT2D eigenvalue weighted by Crippen LogP contribution is 2.19. The summed E-state index contributed by atoms with van der Waals surface area (Å²) in [6, 6.07) is 0.281. The van der Waals surface area contributed by atoms with Crippen molar-refractivity contribution in [2.75, 3.05) is 26.3 Å². The van der Waals surface area contributed by atoms with Crippen LogP contribution in [0.25, 0.3) is 0 Å². The first kappa shape index (κ1) is 11.8. The van der Waals surface area contributed by atoms with Crippen molar-refractivity contribution in [2.24, 2.45) is 0 Å². The number of ether oxygens (including phenoxy) is 1. The molecular formula is C11H20N2O3. The van der Waals surface area contributed by atoms with E-state index in [0.29, 0.717) is 19.2 Å². The molecule has 1 aliphatic heterocycles. The van der Waals surface area contributed by atoms with E-state index in [9.17, 15) is 4.79 Å². The lowest BCUT2D eigenvalue weighted by Crippen LogP contribution is -2.53. The van der Waals surface area contributed by atoms with E-state index in [1.165, 1.54) is 0 Å². The quantitative estimate of drug-likeness (QED) is 0.671. The number of nitrogens with one attached hydrogen (secondary N) is 1. The van der Waals surface area contributed by atoms with Gasteiger partial charge in [-0.3, -0.25) is 9.69 Å². The monoisotopic (exact) mass is 228 g/mol. The molecule has 2 N–H and O–H groups in total. The molecule has 2 aliphatic rings. The van der Waals surface area contributed by atoms with Gasteiger partial charge >= 0.3 is 0 Å². The van der Waals surface area contributed by atoms with Crippen molar-refractivity contribution in [2.45, 2.75) is 38.0 Å². The number of aliphatic hydroxyl groups is 1. The Morgan fingerprint density at radius 1 is 1.62 bits per heavy atom. The number of morpholine rings is 1. The Labute approximate surface area is 95.8 Å². The van der Waals surface area contributed by atoms with Crippen LogP contribution in [0.4, 0.5) is 0 Å². The zero-order chi connectivity index (χ0) is 11.5. The number of carbonyl (C=O) groups is 1. The first-order valence-electron chi connectivity index (χ1n) is 5.97. The predicted octanol–water partition coefficient (Wildman–Crippen LogP) is -0.653. The van der Waals surface area contributed by atoms with Gasteiger partial charge in [-0.1, -0.05) is 0 Å². The summed E-state index contributed by atoms with van der Waals surface area (Å²) in [5.41, 5.74) is 0. The van der Waals surface area contributed by atoms with Crippen LogP contribution in [-0.2, 0) is 9.53 Å². The minimum atomic E-state index is -0.148. The Hall–Kier alpha value is -0.650. The highest BCUT2D eigenvalue weighted by Gasteiger charge is 2.30. The van der Waals surface area contributed by atoms with Crippen LogP contribution in [0.3, 0.4) is 0 Å². The smallest absolute Gasteiger partial charge is 0.237 e.